The summed E-state index contributed by atoms with van der Waals surface area (Å²) in [5.74, 6) is -1.17. The van der Waals surface area contributed by atoms with E-state index in [1.807, 2.05) is 0 Å². The number of benzene rings is 2. The van der Waals surface area contributed by atoms with Crippen LogP contribution < -0.4 is 10.3 Å². The SMILES string of the molecule is Cn1ncc2cc(C(=O)Cc3ccc(Oc4ccnc5[nH]ccc45)c(F)c3)c(=O)n(-c3ccc(F)cc3)c21. The Kier molecular flexibility index (Phi) is 5.56. The Hall–Kier alpha value is -5.12. The van der Waals surface area contributed by atoms with Crippen molar-refractivity contribution in [3.05, 3.63) is 112 Å². The lowest BCUT2D eigenvalue weighted by atomic mass is 10.0. The highest BCUT2D eigenvalue weighted by Gasteiger charge is 2.20. The van der Waals surface area contributed by atoms with Crippen LogP contribution in [-0.4, -0.2) is 30.1 Å². The summed E-state index contributed by atoms with van der Waals surface area (Å²) in [6.45, 7) is 0. The van der Waals surface area contributed by atoms with E-state index in [1.54, 1.807) is 37.6 Å². The van der Waals surface area contributed by atoms with Crippen LogP contribution in [0.5, 0.6) is 11.5 Å². The van der Waals surface area contributed by atoms with Crippen molar-refractivity contribution in [1.29, 1.82) is 0 Å². The topological polar surface area (TPSA) is 94.8 Å². The number of aromatic amines is 1. The number of ketones is 1. The standard InChI is InChI=1S/C28H19F2N5O3/c1-34-27-17(15-33-34)14-21(28(37)35(27)19-5-3-18(29)4-6-19)23(36)13-16-2-7-25(22(30)12-16)38-24-9-11-32-26-20(24)8-10-31-26/h2-12,14-15H,13H2,1H3,(H,31,32). The Labute approximate surface area is 213 Å². The van der Waals surface area contributed by atoms with Crippen molar-refractivity contribution in [1.82, 2.24) is 24.3 Å². The third-order valence-corrected chi connectivity index (χ3v) is 6.27. The molecule has 0 aliphatic carbocycles. The number of nitrogens with zero attached hydrogens (tertiary/aromatic N) is 4. The summed E-state index contributed by atoms with van der Waals surface area (Å²) < 4.78 is 37.1. The van der Waals surface area contributed by atoms with Gasteiger partial charge in [-0.2, -0.15) is 5.10 Å². The molecule has 0 fully saturated rings. The van der Waals surface area contributed by atoms with Crippen LogP contribution in [0.4, 0.5) is 8.78 Å². The molecule has 0 unspecified atom stereocenters. The molecule has 38 heavy (non-hydrogen) atoms. The molecule has 188 valence electrons. The van der Waals surface area contributed by atoms with Gasteiger partial charge in [0.1, 0.15) is 22.9 Å². The van der Waals surface area contributed by atoms with Gasteiger partial charge >= 0.3 is 0 Å². The van der Waals surface area contributed by atoms with E-state index in [-0.39, 0.29) is 17.7 Å². The summed E-state index contributed by atoms with van der Waals surface area (Å²) in [5, 5.41) is 5.46. The lowest BCUT2D eigenvalue weighted by Gasteiger charge is -2.12. The smallest absolute Gasteiger partial charge is 0.267 e. The zero-order valence-electron chi connectivity index (χ0n) is 20.0. The number of hydrogen-bond donors (Lipinski definition) is 1. The molecule has 0 atom stereocenters. The van der Waals surface area contributed by atoms with Gasteiger partial charge in [-0.1, -0.05) is 6.07 Å². The lowest BCUT2D eigenvalue weighted by molar-refractivity contribution is 0.0991. The Bertz CT molecular complexity index is 1900. The Morgan fingerprint density at radius 2 is 1.84 bits per heavy atom. The maximum atomic E-state index is 15.0. The fraction of sp³-hybridized carbons (Fsp3) is 0.0714. The Morgan fingerprint density at radius 1 is 1.03 bits per heavy atom. The molecule has 0 amide bonds. The van der Waals surface area contributed by atoms with Gasteiger partial charge in [0.2, 0.25) is 0 Å². The van der Waals surface area contributed by atoms with Crippen molar-refractivity contribution < 1.29 is 18.3 Å². The zero-order chi connectivity index (χ0) is 26.4. The molecular weight excluding hydrogens is 492 g/mol. The maximum Gasteiger partial charge on any atom is 0.267 e. The Balaban J connectivity index is 1.32. The van der Waals surface area contributed by atoms with Crippen LogP contribution in [0.25, 0.3) is 27.8 Å². The van der Waals surface area contributed by atoms with E-state index in [0.29, 0.717) is 39.1 Å². The van der Waals surface area contributed by atoms with E-state index in [9.17, 15) is 18.4 Å². The molecule has 0 saturated carbocycles. The number of nitrogens with one attached hydrogen (secondary N) is 1. The van der Waals surface area contributed by atoms with E-state index in [0.717, 1.165) is 0 Å². The van der Waals surface area contributed by atoms with Crippen molar-refractivity contribution in [3.63, 3.8) is 0 Å². The van der Waals surface area contributed by atoms with Gasteiger partial charge in [0, 0.05) is 31.2 Å². The molecule has 4 aromatic heterocycles. The summed E-state index contributed by atoms with van der Waals surface area (Å²) in [7, 11) is 1.67. The van der Waals surface area contributed by atoms with Crippen LogP contribution in [0.15, 0.2) is 84.0 Å². The normalized spacial score (nSPS) is 11.3. The average Bonchev–Trinajstić information content (AvgIpc) is 3.53. The van der Waals surface area contributed by atoms with Crippen LogP contribution in [0.3, 0.4) is 0 Å². The van der Waals surface area contributed by atoms with Crippen LogP contribution in [-0.2, 0) is 13.5 Å². The fourth-order valence-corrected chi connectivity index (χ4v) is 4.45. The van der Waals surface area contributed by atoms with E-state index in [4.69, 9.17) is 4.74 Å². The summed E-state index contributed by atoms with van der Waals surface area (Å²) in [4.78, 5) is 33.9. The summed E-state index contributed by atoms with van der Waals surface area (Å²) in [6.07, 6.45) is 4.59. The second kappa shape index (κ2) is 9.07. The number of carbonyl (C=O) groups excluding carboxylic acids is 1. The van der Waals surface area contributed by atoms with Crippen molar-refractivity contribution >= 4 is 27.9 Å². The van der Waals surface area contributed by atoms with Crippen molar-refractivity contribution in [2.75, 3.05) is 0 Å². The fourth-order valence-electron chi connectivity index (χ4n) is 4.45. The number of H-pyrrole nitrogens is 1. The number of carbonyl (C=O) groups is 1. The lowest BCUT2D eigenvalue weighted by Crippen LogP contribution is -2.27. The molecule has 0 radical (unpaired) electrons. The molecule has 0 saturated heterocycles. The molecule has 2 aromatic carbocycles. The highest BCUT2D eigenvalue weighted by Crippen LogP contribution is 2.30. The van der Waals surface area contributed by atoms with Crippen LogP contribution in [0.1, 0.15) is 15.9 Å². The molecule has 6 rings (SSSR count). The number of aryl methyl sites for hydroxylation is 1. The maximum absolute atomic E-state index is 15.0. The van der Waals surface area contributed by atoms with Gasteiger partial charge in [0.25, 0.3) is 5.56 Å². The van der Waals surface area contributed by atoms with Gasteiger partial charge in [0.05, 0.1) is 22.8 Å². The number of aromatic nitrogens is 5. The van der Waals surface area contributed by atoms with E-state index in [1.165, 1.54) is 57.9 Å². The molecule has 0 aliphatic heterocycles. The third kappa shape index (κ3) is 4.01. The number of pyridine rings is 2. The van der Waals surface area contributed by atoms with Gasteiger partial charge < -0.3 is 9.72 Å². The van der Waals surface area contributed by atoms with Gasteiger partial charge in [-0.15, -0.1) is 0 Å². The third-order valence-electron chi connectivity index (χ3n) is 6.27. The first-order chi connectivity index (χ1) is 18.4. The van der Waals surface area contributed by atoms with Gasteiger partial charge in [0.15, 0.2) is 17.3 Å². The number of fused-ring (bicyclic) bond motifs is 2. The minimum Gasteiger partial charge on any atom is -0.453 e. The summed E-state index contributed by atoms with van der Waals surface area (Å²) in [6, 6.07) is 14.5. The largest absolute Gasteiger partial charge is 0.453 e. The highest BCUT2D eigenvalue weighted by atomic mass is 19.1. The first-order valence-corrected chi connectivity index (χ1v) is 11.6. The molecule has 0 aliphatic rings. The van der Waals surface area contributed by atoms with Crippen molar-refractivity contribution in [3.8, 4) is 17.2 Å². The quantitative estimate of drug-likeness (QED) is 0.314. The molecule has 6 aromatic rings. The minimum atomic E-state index is -0.651. The zero-order valence-corrected chi connectivity index (χ0v) is 20.0. The number of hydrogen-bond acceptors (Lipinski definition) is 5. The van der Waals surface area contributed by atoms with Crippen molar-refractivity contribution in [2.45, 2.75) is 6.42 Å². The average molecular weight is 511 g/mol. The molecular formula is C28H19F2N5O3. The first-order valence-electron chi connectivity index (χ1n) is 11.6. The highest BCUT2D eigenvalue weighted by molar-refractivity contribution is 6.00. The number of ether oxygens (including phenoxy) is 1. The van der Waals surface area contributed by atoms with Crippen LogP contribution in [0, 0.1) is 11.6 Å². The van der Waals surface area contributed by atoms with Crippen LogP contribution in [0.2, 0.25) is 0 Å². The summed E-state index contributed by atoms with van der Waals surface area (Å²) in [5.41, 5.74) is 1.18. The molecule has 1 N–H and O–H groups in total. The van der Waals surface area contributed by atoms with Gasteiger partial charge in [-0.05, 0) is 60.2 Å². The molecule has 0 spiro atoms. The number of rotatable bonds is 6. The van der Waals surface area contributed by atoms with E-state index in [2.05, 4.69) is 15.1 Å². The van der Waals surface area contributed by atoms with E-state index >= 15 is 0 Å². The first kappa shape index (κ1) is 23.3. The summed E-state index contributed by atoms with van der Waals surface area (Å²) >= 11 is 0. The molecule has 10 heteroatoms. The van der Waals surface area contributed by atoms with E-state index < -0.39 is 23.0 Å². The molecule has 8 nitrogen and oxygen atoms in total. The minimum absolute atomic E-state index is 0.00894. The predicted octanol–water partition coefficient (Wildman–Crippen LogP) is 5.10. The second-order valence-corrected chi connectivity index (χ2v) is 8.74. The number of Topliss-reactive ketones (excluding diaryl/α,β-unsaturated/α-hetero) is 1. The van der Waals surface area contributed by atoms with Crippen LogP contribution >= 0.6 is 0 Å². The van der Waals surface area contributed by atoms with Crippen molar-refractivity contribution in [2.24, 2.45) is 7.05 Å². The number of halogens is 2. The van der Waals surface area contributed by atoms with Gasteiger partial charge in [-0.3, -0.25) is 18.8 Å². The second-order valence-electron chi connectivity index (χ2n) is 8.74. The Morgan fingerprint density at radius 3 is 2.63 bits per heavy atom. The monoisotopic (exact) mass is 511 g/mol. The molecule has 4 heterocycles. The molecule has 0 bridgehead atoms. The predicted molar refractivity (Wildman–Crippen MR) is 137 cm³/mol. The van der Waals surface area contributed by atoms with Gasteiger partial charge in [-0.25, -0.2) is 13.8 Å².